The van der Waals surface area contributed by atoms with E-state index in [0.29, 0.717) is 43.9 Å². The third-order valence-corrected chi connectivity index (χ3v) is 6.58. The normalized spacial score (nSPS) is 16.1. The van der Waals surface area contributed by atoms with Gasteiger partial charge in [-0.1, -0.05) is 0 Å². The number of alkyl carbamates (subject to hydrolysis) is 1. The highest BCUT2D eigenvalue weighted by Gasteiger charge is 2.24. The minimum absolute atomic E-state index is 0.0518. The number of hydrogen-bond donors (Lipinski definition) is 3. The number of aromatic nitrogens is 2. The molecule has 0 aliphatic carbocycles. The molecular formula is C22H33N5O5S. The van der Waals surface area contributed by atoms with Crippen LogP contribution in [0.15, 0.2) is 4.79 Å². The molecule has 3 N–H and O–H groups in total. The predicted octanol–water partition coefficient (Wildman–Crippen LogP) is 1.52. The first-order chi connectivity index (χ1) is 15.4. The van der Waals surface area contributed by atoms with Crippen LogP contribution in [-0.4, -0.2) is 81.3 Å². The molecule has 2 amide bonds. The second-order valence-electron chi connectivity index (χ2n) is 9.37. The highest BCUT2D eigenvalue weighted by molar-refractivity contribution is 7.18. The van der Waals surface area contributed by atoms with Crippen LogP contribution in [0.25, 0.3) is 10.2 Å². The van der Waals surface area contributed by atoms with Crippen LogP contribution in [0.3, 0.4) is 0 Å². The maximum absolute atomic E-state index is 12.5. The van der Waals surface area contributed by atoms with Gasteiger partial charge in [0.05, 0.1) is 24.5 Å². The fourth-order valence-electron chi connectivity index (χ4n) is 3.66. The third kappa shape index (κ3) is 6.75. The van der Waals surface area contributed by atoms with Gasteiger partial charge in [0.25, 0.3) is 5.56 Å². The zero-order valence-electron chi connectivity index (χ0n) is 19.9. The van der Waals surface area contributed by atoms with Crippen molar-refractivity contribution in [2.75, 3.05) is 32.7 Å². The molecule has 2 aromatic rings. The zero-order valence-corrected chi connectivity index (χ0v) is 20.7. The van der Waals surface area contributed by atoms with Gasteiger partial charge in [0.2, 0.25) is 5.91 Å². The Hall–Kier alpha value is -2.50. The quantitative estimate of drug-likeness (QED) is 0.573. The van der Waals surface area contributed by atoms with E-state index in [-0.39, 0.29) is 24.4 Å². The highest BCUT2D eigenvalue weighted by atomic mass is 32.1. The van der Waals surface area contributed by atoms with Crippen LogP contribution in [0.2, 0.25) is 0 Å². The van der Waals surface area contributed by atoms with Crippen molar-refractivity contribution in [2.45, 2.75) is 59.3 Å². The lowest BCUT2D eigenvalue weighted by molar-refractivity contribution is -0.135. The zero-order chi connectivity index (χ0) is 24.3. The van der Waals surface area contributed by atoms with E-state index in [0.717, 1.165) is 15.3 Å². The van der Waals surface area contributed by atoms with E-state index in [9.17, 15) is 19.5 Å². The molecule has 0 aromatic carbocycles. The van der Waals surface area contributed by atoms with Gasteiger partial charge in [0, 0.05) is 37.6 Å². The van der Waals surface area contributed by atoms with Crippen molar-refractivity contribution >= 4 is 33.6 Å². The van der Waals surface area contributed by atoms with E-state index in [1.54, 1.807) is 25.7 Å². The SMILES string of the molecule is Cc1sc2nc(CN3CCN(C(=O)CC(O)CNC(=O)OC(C)(C)C)CC3)[nH]c(=O)c2c1C. The van der Waals surface area contributed by atoms with Crippen molar-refractivity contribution in [1.29, 1.82) is 0 Å². The molecule has 0 saturated carbocycles. The molecule has 10 nitrogen and oxygen atoms in total. The number of thiophene rings is 1. The molecule has 2 aromatic heterocycles. The first kappa shape index (κ1) is 25.1. The molecule has 33 heavy (non-hydrogen) atoms. The molecule has 1 aliphatic heterocycles. The summed E-state index contributed by atoms with van der Waals surface area (Å²) in [6, 6.07) is 0. The number of aryl methyl sites for hydroxylation is 2. The van der Waals surface area contributed by atoms with Crippen molar-refractivity contribution in [2.24, 2.45) is 0 Å². The number of aromatic amines is 1. The van der Waals surface area contributed by atoms with Gasteiger partial charge in [0.1, 0.15) is 16.3 Å². The van der Waals surface area contributed by atoms with Crippen LogP contribution in [0, 0.1) is 13.8 Å². The summed E-state index contributed by atoms with van der Waals surface area (Å²) >= 11 is 1.53. The van der Waals surface area contributed by atoms with Crippen molar-refractivity contribution in [3.63, 3.8) is 0 Å². The Labute approximate surface area is 196 Å². The minimum Gasteiger partial charge on any atom is -0.444 e. The third-order valence-electron chi connectivity index (χ3n) is 5.48. The summed E-state index contributed by atoms with van der Waals surface area (Å²) in [5, 5.41) is 13.3. The smallest absolute Gasteiger partial charge is 0.407 e. The number of nitrogens with zero attached hydrogens (tertiary/aromatic N) is 3. The first-order valence-electron chi connectivity index (χ1n) is 11.1. The van der Waals surface area contributed by atoms with E-state index in [4.69, 9.17) is 4.74 Å². The van der Waals surface area contributed by atoms with E-state index in [1.165, 1.54) is 11.3 Å². The van der Waals surface area contributed by atoms with Crippen molar-refractivity contribution in [3.05, 3.63) is 26.6 Å². The first-order valence-corrected chi connectivity index (χ1v) is 11.9. The molecule has 11 heteroatoms. The van der Waals surface area contributed by atoms with Crippen LogP contribution in [-0.2, 0) is 16.1 Å². The summed E-state index contributed by atoms with van der Waals surface area (Å²) in [4.78, 5) is 49.9. The van der Waals surface area contributed by atoms with Crippen molar-refractivity contribution < 1.29 is 19.4 Å². The standard InChI is InChI=1S/C22H33N5O5S/c1-13-14(2)33-20-18(13)19(30)24-16(25-20)12-26-6-8-27(9-7-26)17(29)10-15(28)11-23-21(31)32-22(3,4)5/h15,28H,6-12H2,1-5H3,(H,23,31)(H,24,25,30). The Morgan fingerprint density at radius 2 is 1.91 bits per heavy atom. The van der Waals surface area contributed by atoms with Crippen molar-refractivity contribution in [3.8, 4) is 0 Å². The number of H-pyrrole nitrogens is 1. The van der Waals surface area contributed by atoms with Gasteiger partial charge >= 0.3 is 6.09 Å². The second-order valence-corrected chi connectivity index (χ2v) is 10.6. The Bertz CT molecular complexity index is 1070. The van der Waals surface area contributed by atoms with Gasteiger partial charge in [-0.2, -0.15) is 0 Å². The molecule has 1 fully saturated rings. The van der Waals surface area contributed by atoms with Gasteiger partial charge in [-0.05, 0) is 40.2 Å². The summed E-state index contributed by atoms with van der Waals surface area (Å²) in [6.07, 6.45) is -1.68. The maximum Gasteiger partial charge on any atom is 0.407 e. The van der Waals surface area contributed by atoms with E-state index in [2.05, 4.69) is 20.2 Å². The minimum atomic E-state index is -0.984. The number of carbonyl (C=O) groups is 2. The maximum atomic E-state index is 12.5. The highest BCUT2D eigenvalue weighted by Crippen LogP contribution is 2.25. The summed E-state index contributed by atoms with van der Waals surface area (Å²) in [5.41, 5.74) is 0.242. The summed E-state index contributed by atoms with van der Waals surface area (Å²) < 4.78 is 5.12. The van der Waals surface area contributed by atoms with Crippen LogP contribution in [0.5, 0.6) is 0 Å². The Morgan fingerprint density at radius 1 is 1.24 bits per heavy atom. The molecule has 1 atom stereocenters. The molecule has 0 spiro atoms. The van der Waals surface area contributed by atoms with Crippen LogP contribution in [0.1, 0.15) is 43.5 Å². The van der Waals surface area contributed by atoms with Crippen LogP contribution in [0.4, 0.5) is 4.79 Å². The van der Waals surface area contributed by atoms with Gasteiger partial charge in [0.15, 0.2) is 0 Å². The summed E-state index contributed by atoms with van der Waals surface area (Å²) in [5.74, 6) is 0.461. The molecule has 182 valence electrons. The fourth-order valence-corrected chi connectivity index (χ4v) is 4.71. The number of hydrogen-bond acceptors (Lipinski definition) is 8. The van der Waals surface area contributed by atoms with Crippen LogP contribution >= 0.6 is 11.3 Å². The Balaban J connectivity index is 1.46. The average Bonchev–Trinajstić information content (AvgIpc) is 2.99. The largest absolute Gasteiger partial charge is 0.444 e. The fraction of sp³-hybridized carbons (Fsp3) is 0.636. The molecule has 1 unspecified atom stereocenters. The monoisotopic (exact) mass is 479 g/mol. The Kier molecular flexibility index (Phi) is 7.76. The lowest BCUT2D eigenvalue weighted by atomic mass is 10.2. The van der Waals surface area contributed by atoms with Gasteiger partial charge < -0.3 is 25.0 Å². The number of rotatable bonds is 6. The predicted molar refractivity (Wildman–Crippen MR) is 126 cm³/mol. The van der Waals surface area contributed by atoms with E-state index >= 15 is 0 Å². The van der Waals surface area contributed by atoms with E-state index in [1.807, 2.05) is 13.8 Å². The number of piperazine rings is 1. The van der Waals surface area contributed by atoms with Crippen molar-refractivity contribution in [1.82, 2.24) is 25.1 Å². The molecular weight excluding hydrogens is 446 g/mol. The number of aliphatic hydroxyl groups excluding tert-OH is 1. The number of carbonyl (C=O) groups excluding carboxylic acids is 2. The number of amides is 2. The van der Waals surface area contributed by atoms with Crippen LogP contribution < -0.4 is 10.9 Å². The molecule has 1 saturated heterocycles. The number of fused-ring (bicyclic) bond motifs is 1. The lowest BCUT2D eigenvalue weighted by Crippen LogP contribution is -2.49. The van der Waals surface area contributed by atoms with Gasteiger partial charge in [-0.25, -0.2) is 9.78 Å². The molecule has 0 radical (unpaired) electrons. The van der Waals surface area contributed by atoms with Gasteiger partial charge in [-0.3, -0.25) is 14.5 Å². The van der Waals surface area contributed by atoms with Gasteiger partial charge in [-0.15, -0.1) is 11.3 Å². The van der Waals surface area contributed by atoms with E-state index < -0.39 is 17.8 Å². The molecule has 3 heterocycles. The second kappa shape index (κ2) is 10.2. The summed E-state index contributed by atoms with van der Waals surface area (Å²) in [7, 11) is 0. The average molecular weight is 480 g/mol. The lowest BCUT2D eigenvalue weighted by Gasteiger charge is -2.34. The topological polar surface area (TPSA) is 128 Å². The Morgan fingerprint density at radius 3 is 2.55 bits per heavy atom. The summed E-state index contributed by atoms with van der Waals surface area (Å²) in [6.45, 7) is 12.0. The number of ether oxygens (including phenoxy) is 1. The molecule has 0 bridgehead atoms. The number of nitrogens with one attached hydrogen (secondary N) is 2. The number of aliphatic hydroxyl groups is 1. The molecule has 1 aliphatic rings. The molecule has 3 rings (SSSR count).